The lowest BCUT2D eigenvalue weighted by Crippen LogP contribution is -1.73. The molecule has 0 rings (SSSR count). The first-order valence-electron chi connectivity index (χ1n) is 3.26. The van der Waals surface area contributed by atoms with Crippen LogP contribution in [0.3, 0.4) is 0 Å². The third kappa shape index (κ3) is 7.00. The van der Waals surface area contributed by atoms with Crippen LogP contribution in [0.15, 0.2) is 24.3 Å². The van der Waals surface area contributed by atoms with E-state index in [4.69, 9.17) is 5.11 Å². The summed E-state index contributed by atoms with van der Waals surface area (Å²) < 4.78 is 0. The van der Waals surface area contributed by atoms with Gasteiger partial charge in [-0.15, -0.1) is 5.92 Å². The highest BCUT2D eigenvalue weighted by atomic mass is 16.2. The average Bonchev–Trinajstić information content (AvgIpc) is 1.97. The van der Waals surface area contributed by atoms with Gasteiger partial charge in [-0.1, -0.05) is 24.1 Å². The Hall–Kier alpha value is -1.00. The molecule has 0 aliphatic carbocycles. The van der Waals surface area contributed by atoms with E-state index < -0.39 is 0 Å². The molecule has 0 amide bonds. The van der Waals surface area contributed by atoms with Crippen LogP contribution in [0.4, 0.5) is 0 Å². The van der Waals surface area contributed by atoms with E-state index in [2.05, 4.69) is 11.8 Å². The van der Waals surface area contributed by atoms with Gasteiger partial charge < -0.3 is 5.11 Å². The highest BCUT2D eigenvalue weighted by molar-refractivity contribution is 5.18. The second-order valence-corrected chi connectivity index (χ2v) is 1.69. The highest BCUT2D eigenvalue weighted by Gasteiger charge is 1.68. The fourth-order valence-electron chi connectivity index (χ4n) is 0.436. The Morgan fingerprint density at radius 1 is 1.40 bits per heavy atom. The van der Waals surface area contributed by atoms with Crippen LogP contribution >= 0.6 is 0 Å². The van der Waals surface area contributed by atoms with E-state index >= 15 is 0 Å². The molecule has 0 spiro atoms. The van der Waals surface area contributed by atoms with E-state index in [1.165, 1.54) is 0 Å². The number of allylic oxidation sites excluding steroid dienone is 3. The Morgan fingerprint density at radius 3 is 2.80 bits per heavy atom. The van der Waals surface area contributed by atoms with Gasteiger partial charge in [0.2, 0.25) is 0 Å². The molecule has 0 aliphatic heterocycles. The van der Waals surface area contributed by atoms with Crippen molar-refractivity contribution in [3.63, 3.8) is 0 Å². The molecule has 0 saturated carbocycles. The molecule has 0 aliphatic rings. The van der Waals surface area contributed by atoms with Gasteiger partial charge in [-0.2, -0.15) is 0 Å². The van der Waals surface area contributed by atoms with Crippen LogP contribution in [0.2, 0.25) is 0 Å². The summed E-state index contributed by atoms with van der Waals surface area (Å²) in [5, 5.41) is 8.37. The van der Waals surface area contributed by atoms with Crippen molar-refractivity contribution in [2.24, 2.45) is 0 Å². The summed E-state index contributed by atoms with van der Waals surface area (Å²) in [6.07, 6.45) is 8.11. The summed E-state index contributed by atoms with van der Waals surface area (Å²) >= 11 is 0. The van der Waals surface area contributed by atoms with Crippen LogP contribution in [-0.4, -0.2) is 11.7 Å². The predicted molar refractivity (Wildman–Crippen MR) is 43.4 cm³/mol. The highest BCUT2D eigenvalue weighted by Crippen LogP contribution is 1.81. The fourth-order valence-corrected chi connectivity index (χ4v) is 0.436. The molecule has 0 unspecified atom stereocenters. The molecular weight excluding hydrogens is 124 g/mol. The molecule has 0 aromatic carbocycles. The van der Waals surface area contributed by atoms with Crippen LogP contribution in [0.25, 0.3) is 0 Å². The zero-order chi connectivity index (χ0) is 7.66. The van der Waals surface area contributed by atoms with E-state index in [-0.39, 0.29) is 6.61 Å². The molecule has 0 aromatic rings. The molecule has 10 heavy (non-hydrogen) atoms. The normalized spacial score (nSPS) is 10.2. The first kappa shape index (κ1) is 9.00. The van der Waals surface area contributed by atoms with Crippen molar-refractivity contribution in [1.29, 1.82) is 0 Å². The SMILES string of the molecule is CC#C/C=C\C=C/CCO. The molecule has 1 nitrogen and oxygen atoms in total. The van der Waals surface area contributed by atoms with Gasteiger partial charge in [-0.25, -0.2) is 0 Å². The zero-order valence-electron chi connectivity index (χ0n) is 6.17. The van der Waals surface area contributed by atoms with E-state index in [9.17, 15) is 0 Å². The van der Waals surface area contributed by atoms with Crippen molar-refractivity contribution < 1.29 is 5.11 Å². The van der Waals surface area contributed by atoms with Gasteiger partial charge >= 0.3 is 0 Å². The second kappa shape index (κ2) is 8.00. The minimum absolute atomic E-state index is 0.212. The topological polar surface area (TPSA) is 20.2 Å². The summed E-state index contributed by atoms with van der Waals surface area (Å²) in [7, 11) is 0. The molecule has 1 heteroatoms. The maximum Gasteiger partial charge on any atom is 0.0465 e. The Kier molecular flexibility index (Phi) is 7.20. The lowest BCUT2D eigenvalue weighted by atomic mass is 10.3. The molecule has 0 bridgehead atoms. The van der Waals surface area contributed by atoms with Gasteiger partial charge in [0.1, 0.15) is 0 Å². The number of rotatable bonds is 3. The lowest BCUT2D eigenvalue weighted by molar-refractivity contribution is 0.302. The van der Waals surface area contributed by atoms with E-state index in [0.717, 1.165) is 0 Å². The standard InChI is InChI=1S/C9H12O/c1-2-3-4-5-6-7-8-9-10/h4-7,10H,8-9H2,1H3/b5-4-,7-6-. The number of hydrogen-bond donors (Lipinski definition) is 1. The molecular formula is C9H12O. The number of aliphatic hydroxyl groups excluding tert-OH is 1. The molecule has 0 fully saturated rings. The number of aliphatic hydroxyl groups is 1. The first-order valence-corrected chi connectivity index (χ1v) is 3.26. The van der Waals surface area contributed by atoms with E-state index in [1.54, 1.807) is 13.0 Å². The van der Waals surface area contributed by atoms with Crippen molar-refractivity contribution in [2.75, 3.05) is 6.61 Å². The van der Waals surface area contributed by atoms with Crippen LogP contribution < -0.4 is 0 Å². The van der Waals surface area contributed by atoms with Gasteiger partial charge in [-0.3, -0.25) is 0 Å². The third-order valence-electron chi connectivity index (χ3n) is 0.867. The smallest absolute Gasteiger partial charge is 0.0465 e. The Labute approximate surface area is 62.1 Å². The molecule has 0 aromatic heterocycles. The van der Waals surface area contributed by atoms with Crippen LogP contribution in [-0.2, 0) is 0 Å². The molecule has 0 heterocycles. The third-order valence-corrected chi connectivity index (χ3v) is 0.867. The Bertz CT molecular complexity index is 167. The molecule has 0 radical (unpaired) electrons. The predicted octanol–water partition coefficient (Wildman–Crippen LogP) is 1.50. The quantitative estimate of drug-likeness (QED) is 0.460. The van der Waals surface area contributed by atoms with Crippen molar-refractivity contribution >= 4 is 0 Å². The maximum absolute atomic E-state index is 8.37. The monoisotopic (exact) mass is 136 g/mol. The maximum atomic E-state index is 8.37. The minimum Gasteiger partial charge on any atom is -0.396 e. The molecule has 1 N–H and O–H groups in total. The molecule has 0 saturated heterocycles. The van der Waals surface area contributed by atoms with Gasteiger partial charge in [0.05, 0.1) is 0 Å². The van der Waals surface area contributed by atoms with Crippen molar-refractivity contribution in [2.45, 2.75) is 13.3 Å². The summed E-state index contributed by atoms with van der Waals surface area (Å²) in [5.74, 6) is 5.52. The summed E-state index contributed by atoms with van der Waals surface area (Å²) in [6, 6.07) is 0. The number of hydrogen-bond acceptors (Lipinski definition) is 1. The zero-order valence-corrected chi connectivity index (χ0v) is 6.17. The van der Waals surface area contributed by atoms with Crippen molar-refractivity contribution in [3.05, 3.63) is 24.3 Å². The largest absolute Gasteiger partial charge is 0.396 e. The Morgan fingerprint density at radius 2 is 2.20 bits per heavy atom. The van der Waals surface area contributed by atoms with Crippen LogP contribution in [0, 0.1) is 11.8 Å². The summed E-state index contributed by atoms with van der Waals surface area (Å²) in [5.41, 5.74) is 0. The summed E-state index contributed by atoms with van der Waals surface area (Å²) in [6.45, 7) is 2.01. The molecule has 54 valence electrons. The Balaban J connectivity index is 3.38. The van der Waals surface area contributed by atoms with E-state index in [0.29, 0.717) is 6.42 Å². The van der Waals surface area contributed by atoms with Crippen LogP contribution in [0.1, 0.15) is 13.3 Å². The van der Waals surface area contributed by atoms with E-state index in [1.807, 2.05) is 18.2 Å². The van der Waals surface area contributed by atoms with Gasteiger partial charge in [-0.05, 0) is 19.4 Å². The van der Waals surface area contributed by atoms with Crippen molar-refractivity contribution in [3.8, 4) is 11.8 Å². The van der Waals surface area contributed by atoms with Gasteiger partial charge in [0.25, 0.3) is 0 Å². The molecule has 0 atom stereocenters. The lowest BCUT2D eigenvalue weighted by Gasteiger charge is -1.78. The second-order valence-electron chi connectivity index (χ2n) is 1.69. The summed E-state index contributed by atoms with van der Waals surface area (Å²) in [4.78, 5) is 0. The minimum atomic E-state index is 0.212. The van der Waals surface area contributed by atoms with Gasteiger partial charge in [0.15, 0.2) is 0 Å². The first-order chi connectivity index (χ1) is 4.91. The fraction of sp³-hybridized carbons (Fsp3) is 0.333. The average molecular weight is 136 g/mol. The van der Waals surface area contributed by atoms with Gasteiger partial charge in [0, 0.05) is 6.61 Å². The van der Waals surface area contributed by atoms with Crippen molar-refractivity contribution in [1.82, 2.24) is 0 Å². The van der Waals surface area contributed by atoms with Crippen LogP contribution in [0.5, 0.6) is 0 Å².